The quantitative estimate of drug-likeness (QED) is 0.875. The molecule has 0 saturated carbocycles. The highest BCUT2D eigenvalue weighted by Gasteiger charge is 2.36. The zero-order chi connectivity index (χ0) is 16.1. The van der Waals surface area contributed by atoms with Gasteiger partial charge in [-0.15, -0.1) is 0 Å². The van der Waals surface area contributed by atoms with E-state index in [2.05, 4.69) is 10.6 Å². The van der Waals surface area contributed by atoms with Crippen molar-refractivity contribution in [1.29, 1.82) is 0 Å². The maximum Gasteiger partial charge on any atom is 0.247 e. The third-order valence-corrected chi connectivity index (χ3v) is 3.67. The average molecular weight is 303 g/mol. The summed E-state index contributed by atoms with van der Waals surface area (Å²) >= 11 is 0. The molecule has 0 unspecified atom stereocenters. The van der Waals surface area contributed by atoms with Crippen LogP contribution in [-0.4, -0.2) is 41.2 Å². The van der Waals surface area contributed by atoms with Gasteiger partial charge < -0.3 is 15.5 Å². The monoisotopic (exact) mass is 303 g/mol. The molecule has 6 nitrogen and oxygen atoms in total. The zero-order valence-electron chi connectivity index (χ0n) is 12.8. The molecule has 0 aliphatic carbocycles. The highest BCUT2D eigenvalue weighted by atomic mass is 16.2. The molecule has 2 N–H and O–H groups in total. The van der Waals surface area contributed by atoms with E-state index in [1.54, 1.807) is 24.0 Å². The Balaban J connectivity index is 2.02. The standard InChI is InChI=1S/C16H21N3O3/c1-11(17-12(2)20)16(22)19-10-6-9-14(19)15(21)18-13-7-4-3-5-8-13/h3-5,7-8,11,14H,6,9-10H2,1-2H3,(H,17,20)(H,18,21)/t11-,14-/m0/s1. The Morgan fingerprint density at radius 3 is 2.55 bits per heavy atom. The van der Waals surface area contributed by atoms with E-state index in [0.29, 0.717) is 18.7 Å². The lowest BCUT2D eigenvalue weighted by molar-refractivity contribution is -0.139. The molecule has 118 valence electrons. The first-order valence-corrected chi connectivity index (χ1v) is 7.42. The Labute approximate surface area is 129 Å². The summed E-state index contributed by atoms with van der Waals surface area (Å²) in [5, 5.41) is 5.39. The third-order valence-electron chi connectivity index (χ3n) is 3.67. The number of rotatable bonds is 4. The molecule has 0 aromatic heterocycles. The highest BCUT2D eigenvalue weighted by Crippen LogP contribution is 2.20. The molecule has 22 heavy (non-hydrogen) atoms. The number of carbonyl (C=O) groups is 3. The van der Waals surface area contributed by atoms with Crippen LogP contribution in [0.2, 0.25) is 0 Å². The Kier molecular flexibility index (Phi) is 5.14. The Hall–Kier alpha value is -2.37. The van der Waals surface area contributed by atoms with Gasteiger partial charge in [0, 0.05) is 19.2 Å². The first-order chi connectivity index (χ1) is 10.5. The Morgan fingerprint density at radius 1 is 1.23 bits per heavy atom. The van der Waals surface area contributed by atoms with Crippen molar-refractivity contribution >= 4 is 23.4 Å². The van der Waals surface area contributed by atoms with Crippen molar-refractivity contribution in [3.05, 3.63) is 30.3 Å². The molecule has 1 aliphatic heterocycles. The molecule has 0 radical (unpaired) electrons. The van der Waals surface area contributed by atoms with Crippen LogP contribution in [-0.2, 0) is 14.4 Å². The lowest BCUT2D eigenvalue weighted by atomic mass is 10.2. The van der Waals surface area contributed by atoms with Crippen LogP contribution in [0.4, 0.5) is 5.69 Å². The van der Waals surface area contributed by atoms with Crippen molar-refractivity contribution in [1.82, 2.24) is 10.2 Å². The Morgan fingerprint density at radius 2 is 1.91 bits per heavy atom. The number of anilines is 1. The minimum Gasteiger partial charge on any atom is -0.345 e. The third kappa shape index (κ3) is 3.84. The van der Waals surface area contributed by atoms with Crippen LogP contribution in [0.15, 0.2) is 30.3 Å². The van der Waals surface area contributed by atoms with Crippen LogP contribution in [0, 0.1) is 0 Å². The van der Waals surface area contributed by atoms with Crippen LogP contribution >= 0.6 is 0 Å². The molecule has 1 fully saturated rings. The van der Waals surface area contributed by atoms with Crippen LogP contribution < -0.4 is 10.6 Å². The second kappa shape index (κ2) is 7.06. The SMILES string of the molecule is CC(=O)N[C@@H](C)C(=O)N1CCC[C@H]1C(=O)Nc1ccccc1. The van der Waals surface area contributed by atoms with Gasteiger partial charge in [0.15, 0.2) is 0 Å². The van der Waals surface area contributed by atoms with E-state index in [-0.39, 0.29) is 17.7 Å². The van der Waals surface area contributed by atoms with Gasteiger partial charge in [-0.1, -0.05) is 18.2 Å². The molecule has 6 heteroatoms. The summed E-state index contributed by atoms with van der Waals surface area (Å²) in [6, 6.07) is 8.05. The van der Waals surface area contributed by atoms with Crippen LogP contribution in [0.25, 0.3) is 0 Å². The summed E-state index contributed by atoms with van der Waals surface area (Å²) in [7, 11) is 0. The topological polar surface area (TPSA) is 78.5 Å². The van der Waals surface area contributed by atoms with E-state index in [9.17, 15) is 14.4 Å². The fourth-order valence-corrected chi connectivity index (χ4v) is 2.67. The molecular formula is C16H21N3O3. The number of hydrogen-bond acceptors (Lipinski definition) is 3. The molecule has 1 aliphatic rings. The first-order valence-electron chi connectivity index (χ1n) is 7.42. The summed E-state index contributed by atoms with van der Waals surface area (Å²) < 4.78 is 0. The number of hydrogen-bond donors (Lipinski definition) is 2. The number of nitrogens with zero attached hydrogens (tertiary/aromatic N) is 1. The highest BCUT2D eigenvalue weighted by molar-refractivity contribution is 5.98. The normalized spacial score (nSPS) is 18.6. The van der Waals surface area contributed by atoms with E-state index < -0.39 is 12.1 Å². The number of carbonyl (C=O) groups excluding carboxylic acids is 3. The van der Waals surface area contributed by atoms with Crippen molar-refractivity contribution in [2.45, 2.75) is 38.8 Å². The number of likely N-dealkylation sites (tertiary alicyclic amines) is 1. The molecule has 1 heterocycles. The minimum absolute atomic E-state index is 0.188. The average Bonchev–Trinajstić information content (AvgIpc) is 2.96. The predicted octanol–water partition coefficient (Wildman–Crippen LogP) is 1.14. The Bertz CT molecular complexity index is 559. The maximum atomic E-state index is 12.4. The fraction of sp³-hybridized carbons (Fsp3) is 0.438. The molecule has 2 rings (SSSR count). The zero-order valence-corrected chi connectivity index (χ0v) is 12.8. The second-order valence-electron chi connectivity index (χ2n) is 5.47. The number of benzene rings is 1. The number of para-hydroxylation sites is 1. The summed E-state index contributed by atoms with van der Waals surface area (Å²) in [5.41, 5.74) is 0.710. The van der Waals surface area contributed by atoms with E-state index in [1.807, 2.05) is 18.2 Å². The van der Waals surface area contributed by atoms with Crippen molar-refractivity contribution in [3.63, 3.8) is 0 Å². The summed E-state index contributed by atoms with van der Waals surface area (Å²) in [4.78, 5) is 37.4. The molecule has 0 spiro atoms. The molecule has 2 atom stereocenters. The van der Waals surface area contributed by atoms with Gasteiger partial charge in [-0.2, -0.15) is 0 Å². The number of nitrogens with one attached hydrogen (secondary N) is 2. The van der Waals surface area contributed by atoms with Gasteiger partial charge in [0.25, 0.3) is 0 Å². The predicted molar refractivity (Wildman–Crippen MR) is 83.1 cm³/mol. The van der Waals surface area contributed by atoms with Crippen molar-refractivity contribution < 1.29 is 14.4 Å². The van der Waals surface area contributed by atoms with Gasteiger partial charge in [0.1, 0.15) is 12.1 Å². The molecule has 0 bridgehead atoms. The van der Waals surface area contributed by atoms with Crippen LogP contribution in [0.1, 0.15) is 26.7 Å². The van der Waals surface area contributed by atoms with Crippen molar-refractivity contribution in [2.75, 3.05) is 11.9 Å². The van der Waals surface area contributed by atoms with Gasteiger partial charge in [-0.3, -0.25) is 14.4 Å². The van der Waals surface area contributed by atoms with E-state index in [1.165, 1.54) is 6.92 Å². The summed E-state index contributed by atoms with van der Waals surface area (Å²) in [5.74, 6) is -0.668. The summed E-state index contributed by atoms with van der Waals surface area (Å²) in [6.07, 6.45) is 1.42. The lowest BCUT2D eigenvalue weighted by Crippen LogP contribution is -2.51. The lowest BCUT2D eigenvalue weighted by Gasteiger charge is -2.27. The smallest absolute Gasteiger partial charge is 0.247 e. The van der Waals surface area contributed by atoms with Gasteiger partial charge in [-0.05, 0) is 31.9 Å². The largest absolute Gasteiger partial charge is 0.345 e. The number of amides is 3. The minimum atomic E-state index is -0.623. The molecule has 1 saturated heterocycles. The summed E-state index contributed by atoms with van der Waals surface area (Å²) in [6.45, 7) is 3.54. The van der Waals surface area contributed by atoms with Crippen molar-refractivity contribution in [2.24, 2.45) is 0 Å². The van der Waals surface area contributed by atoms with E-state index in [0.717, 1.165) is 6.42 Å². The van der Waals surface area contributed by atoms with Gasteiger partial charge in [0.05, 0.1) is 0 Å². The maximum absolute atomic E-state index is 12.4. The van der Waals surface area contributed by atoms with Gasteiger partial charge in [0.2, 0.25) is 17.7 Å². The van der Waals surface area contributed by atoms with Crippen LogP contribution in [0.5, 0.6) is 0 Å². The molecule has 3 amide bonds. The fourth-order valence-electron chi connectivity index (χ4n) is 2.67. The molecule has 1 aromatic carbocycles. The van der Waals surface area contributed by atoms with Crippen molar-refractivity contribution in [3.8, 4) is 0 Å². The van der Waals surface area contributed by atoms with Gasteiger partial charge >= 0.3 is 0 Å². The molecule has 1 aromatic rings. The van der Waals surface area contributed by atoms with Gasteiger partial charge in [-0.25, -0.2) is 0 Å². The van der Waals surface area contributed by atoms with E-state index >= 15 is 0 Å². The first kappa shape index (κ1) is 16.0. The van der Waals surface area contributed by atoms with Crippen LogP contribution in [0.3, 0.4) is 0 Å². The second-order valence-corrected chi connectivity index (χ2v) is 5.47. The molecular weight excluding hydrogens is 282 g/mol. The van der Waals surface area contributed by atoms with E-state index in [4.69, 9.17) is 0 Å².